The third-order valence-corrected chi connectivity index (χ3v) is 9.23. The lowest BCUT2D eigenvalue weighted by Gasteiger charge is -2.32. The number of nitro benzene ring substituents is 1. The Hall–Kier alpha value is -3.68. The second-order valence-corrected chi connectivity index (χ2v) is 13.7. The molecule has 3 aromatic carbocycles. The van der Waals surface area contributed by atoms with Crippen LogP contribution in [0.15, 0.2) is 70.0 Å². The first kappa shape index (κ1) is 34.8. The number of sulfonamides is 1. The number of aryl methyl sites for hydroxylation is 1. The molecule has 11 nitrogen and oxygen atoms in total. The van der Waals surface area contributed by atoms with E-state index in [1.165, 1.54) is 49.3 Å². The molecule has 1 atom stereocenters. The van der Waals surface area contributed by atoms with E-state index >= 15 is 0 Å². The maximum atomic E-state index is 14.2. The van der Waals surface area contributed by atoms with E-state index in [0.29, 0.717) is 12.1 Å². The zero-order valence-electron chi connectivity index (χ0n) is 24.9. The number of benzene rings is 3. The highest BCUT2D eigenvalue weighted by Gasteiger charge is 2.35. The monoisotopic (exact) mass is 708 g/mol. The third-order valence-electron chi connectivity index (χ3n) is 6.75. The highest BCUT2D eigenvalue weighted by molar-refractivity contribution is 9.10. The molecule has 0 heterocycles. The highest BCUT2D eigenvalue weighted by atomic mass is 79.9. The van der Waals surface area contributed by atoms with Gasteiger partial charge in [0.15, 0.2) is 0 Å². The molecular weight excluding hydrogens is 676 g/mol. The molecular formula is C30H34BrClN4O7S. The molecule has 0 saturated carbocycles. The Labute approximate surface area is 270 Å². The number of hydrogen-bond donors (Lipinski definition) is 1. The Morgan fingerprint density at radius 2 is 1.80 bits per heavy atom. The van der Waals surface area contributed by atoms with Crippen LogP contribution in [0.25, 0.3) is 0 Å². The van der Waals surface area contributed by atoms with Gasteiger partial charge in [-0.2, -0.15) is 0 Å². The Morgan fingerprint density at radius 1 is 1.09 bits per heavy atom. The lowest BCUT2D eigenvalue weighted by Crippen LogP contribution is -2.51. The van der Waals surface area contributed by atoms with Crippen molar-refractivity contribution in [2.75, 3.05) is 24.5 Å². The van der Waals surface area contributed by atoms with Gasteiger partial charge in [0.25, 0.3) is 15.7 Å². The van der Waals surface area contributed by atoms with E-state index < -0.39 is 49.9 Å². The second-order valence-electron chi connectivity index (χ2n) is 10.5. The number of amides is 2. The number of rotatable bonds is 13. The van der Waals surface area contributed by atoms with Crippen LogP contribution < -0.4 is 14.4 Å². The fourth-order valence-electron chi connectivity index (χ4n) is 4.31. The van der Waals surface area contributed by atoms with Crippen LogP contribution in [0.3, 0.4) is 0 Å². The summed E-state index contributed by atoms with van der Waals surface area (Å²) in [5, 5.41) is 14.6. The number of anilines is 1. The van der Waals surface area contributed by atoms with Crippen LogP contribution in [0.1, 0.15) is 31.9 Å². The molecule has 0 spiro atoms. The SMILES string of the molecule is COc1ccc(Cl)cc1N(CC(=O)N(Cc1cccc(Br)c1)C(C)C(=O)NCC(C)C)S(=O)(=O)c1ccc(C)c([N+](=O)[O-])c1. The van der Waals surface area contributed by atoms with Crippen LogP contribution in [0, 0.1) is 23.0 Å². The normalized spacial score (nSPS) is 12.0. The molecule has 0 bridgehead atoms. The summed E-state index contributed by atoms with van der Waals surface area (Å²) in [7, 11) is -3.29. The summed E-state index contributed by atoms with van der Waals surface area (Å²) in [5.41, 5.74) is 0.497. The Balaban J connectivity index is 2.15. The number of carbonyl (C=O) groups is 2. The van der Waals surface area contributed by atoms with Crippen LogP contribution in [-0.4, -0.2) is 56.3 Å². The summed E-state index contributed by atoms with van der Waals surface area (Å²) in [5.74, 6) is -0.862. The first-order chi connectivity index (χ1) is 20.6. The number of nitrogens with one attached hydrogen (secondary N) is 1. The molecule has 0 radical (unpaired) electrons. The van der Waals surface area contributed by atoms with E-state index in [1.807, 2.05) is 19.9 Å². The van der Waals surface area contributed by atoms with Crippen LogP contribution in [0.5, 0.6) is 5.75 Å². The van der Waals surface area contributed by atoms with Crippen molar-refractivity contribution >= 4 is 60.7 Å². The Kier molecular flexibility index (Phi) is 11.8. The van der Waals surface area contributed by atoms with E-state index in [0.717, 1.165) is 14.8 Å². The topological polar surface area (TPSA) is 139 Å². The number of ether oxygens (including phenoxy) is 1. The number of halogens is 2. The number of nitrogens with zero attached hydrogens (tertiary/aromatic N) is 3. The number of hydrogen-bond acceptors (Lipinski definition) is 7. The number of nitro groups is 1. The van der Waals surface area contributed by atoms with Gasteiger partial charge in [0.2, 0.25) is 11.8 Å². The van der Waals surface area contributed by atoms with Crippen molar-refractivity contribution < 1.29 is 27.7 Å². The summed E-state index contributed by atoms with van der Waals surface area (Å²) in [6.45, 7) is 6.53. The van der Waals surface area contributed by atoms with Gasteiger partial charge in [0.1, 0.15) is 18.3 Å². The van der Waals surface area contributed by atoms with Crippen LogP contribution in [0.2, 0.25) is 5.02 Å². The molecule has 1 unspecified atom stereocenters. The molecule has 2 amide bonds. The van der Waals surface area contributed by atoms with Crippen LogP contribution in [-0.2, 0) is 26.2 Å². The summed E-state index contributed by atoms with van der Waals surface area (Å²) in [6, 6.07) is 13.9. The maximum Gasteiger partial charge on any atom is 0.273 e. The van der Waals surface area contributed by atoms with E-state index in [9.17, 15) is 28.1 Å². The van der Waals surface area contributed by atoms with Gasteiger partial charge < -0.3 is 15.0 Å². The molecule has 1 N–H and O–H groups in total. The van der Waals surface area contributed by atoms with Gasteiger partial charge in [-0.15, -0.1) is 0 Å². The van der Waals surface area contributed by atoms with Crippen molar-refractivity contribution in [2.45, 2.75) is 45.2 Å². The molecule has 0 saturated heterocycles. The van der Waals surface area contributed by atoms with E-state index in [1.54, 1.807) is 25.1 Å². The van der Waals surface area contributed by atoms with Crippen molar-refractivity contribution in [2.24, 2.45) is 5.92 Å². The summed E-state index contributed by atoms with van der Waals surface area (Å²) < 4.78 is 35.3. The molecule has 236 valence electrons. The lowest BCUT2D eigenvalue weighted by atomic mass is 10.1. The summed E-state index contributed by atoms with van der Waals surface area (Å²) in [4.78, 5) is 39.1. The van der Waals surface area contributed by atoms with Crippen LogP contribution >= 0.6 is 27.5 Å². The summed E-state index contributed by atoms with van der Waals surface area (Å²) in [6.07, 6.45) is 0. The molecule has 0 fully saturated rings. The minimum absolute atomic E-state index is 0.00882. The summed E-state index contributed by atoms with van der Waals surface area (Å²) >= 11 is 9.67. The number of carbonyl (C=O) groups excluding carboxylic acids is 2. The predicted octanol–water partition coefficient (Wildman–Crippen LogP) is 5.71. The third kappa shape index (κ3) is 8.48. The molecule has 14 heteroatoms. The average Bonchev–Trinajstić information content (AvgIpc) is 2.96. The predicted molar refractivity (Wildman–Crippen MR) is 172 cm³/mol. The van der Waals surface area contributed by atoms with Gasteiger partial charge in [-0.3, -0.25) is 24.0 Å². The van der Waals surface area contributed by atoms with Gasteiger partial charge in [-0.1, -0.05) is 59.6 Å². The molecule has 0 aliphatic carbocycles. The molecule has 3 aromatic rings. The molecule has 0 aromatic heterocycles. The quantitative estimate of drug-likeness (QED) is 0.177. The minimum atomic E-state index is -4.62. The molecule has 44 heavy (non-hydrogen) atoms. The van der Waals surface area contributed by atoms with E-state index in [-0.39, 0.29) is 34.5 Å². The number of methoxy groups -OCH3 is 1. The van der Waals surface area contributed by atoms with Crippen molar-refractivity contribution in [1.29, 1.82) is 0 Å². The standard InChI is InChI=1S/C30H34BrClN4O7S/c1-19(2)16-33-30(38)21(4)34(17-22-7-6-8-23(31)13-22)29(37)18-35(27-14-24(32)10-12-28(27)43-5)44(41,42)25-11-9-20(3)26(15-25)36(39)40/h6-15,19,21H,16-18H2,1-5H3,(H,33,38). The van der Waals surface area contributed by atoms with Crippen molar-refractivity contribution in [3.63, 3.8) is 0 Å². The van der Waals surface area contributed by atoms with E-state index in [2.05, 4.69) is 21.2 Å². The maximum absolute atomic E-state index is 14.2. The molecule has 0 aliphatic heterocycles. The van der Waals surface area contributed by atoms with Gasteiger partial charge in [-0.25, -0.2) is 8.42 Å². The fourth-order valence-corrected chi connectivity index (χ4v) is 6.36. The van der Waals surface area contributed by atoms with Gasteiger partial charge in [0.05, 0.1) is 22.6 Å². The Morgan fingerprint density at radius 3 is 2.41 bits per heavy atom. The van der Waals surface area contributed by atoms with E-state index in [4.69, 9.17) is 16.3 Å². The van der Waals surface area contributed by atoms with Gasteiger partial charge >= 0.3 is 0 Å². The smallest absolute Gasteiger partial charge is 0.273 e. The molecule has 3 rings (SSSR count). The van der Waals surface area contributed by atoms with Crippen molar-refractivity contribution in [3.8, 4) is 5.75 Å². The molecule has 0 aliphatic rings. The first-order valence-electron chi connectivity index (χ1n) is 13.6. The lowest BCUT2D eigenvalue weighted by molar-refractivity contribution is -0.385. The zero-order chi connectivity index (χ0) is 32.8. The van der Waals surface area contributed by atoms with Crippen molar-refractivity contribution in [3.05, 3.63) is 91.4 Å². The second kappa shape index (κ2) is 14.9. The minimum Gasteiger partial charge on any atom is -0.495 e. The average molecular weight is 710 g/mol. The zero-order valence-corrected chi connectivity index (χ0v) is 28.1. The van der Waals surface area contributed by atoms with Crippen LogP contribution in [0.4, 0.5) is 11.4 Å². The Bertz CT molecular complexity index is 1650. The fraction of sp³-hybridized carbons (Fsp3) is 0.333. The highest BCUT2D eigenvalue weighted by Crippen LogP contribution is 2.36. The van der Waals surface area contributed by atoms with Gasteiger partial charge in [0, 0.05) is 34.2 Å². The van der Waals surface area contributed by atoms with Crippen molar-refractivity contribution in [1.82, 2.24) is 10.2 Å². The largest absolute Gasteiger partial charge is 0.495 e. The first-order valence-corrected chi connectivity index (χ1v) is 16.2. The van der Waals surface area contributed by atoms with Gasteiger partial charge in [-0.05, 0) is 61.7 Å².